The third kappa shape index (κ3) is 14.1. The average molecular weight is 427 g/mol. The molecule has 0 amide bonds. The quantitative estimate of drug-likeness (QED) is 0.305. The van der Waals surface area contributed by atoms with Gasteiger partial charge in [0.25, 0.3) is 0 Å². The molecule has 0 aliphatic carbocycles. The molecular formula is C25H47ClN2O. The first-order valence-electron chi connectivity index (χ1n) is 11.7. The van der Waals surface area contributed by atoms with Crippen LogP contribution in [0.25, 0.3) is 0 Å². The highest BCUT2D eigenvalue weighted by atomic mass is 35.5. The highest BCUT2D eigenvalue weighted by Crippen LogP contribution is 2.22. The Hall–Kier alpha value is -0.610. The number of morpholine rings is 1. The van der Waals surface area contributed by atoms with Crippen LogP contribution in [-0.4, -0.2) is 37.7 Å². The second-order valence-corrected chi connectivity index (χ2v) is 8.42. The van der Waals surface area contributed by atoms with Gasteiger partial charge in [0.05, 0.1) is 13.2 Å². The Labute approximate surface area is 187 Å². The first-order chi connectivity index (χ1) is 13.4. The van der Waals surface area contributed by atoms with E-state index in [0.717, 1.165) is 32.2 Å². The van der Waals surface area contributed by atoms with E-state index in [1.165, 1.54) is 89.2 Å². The van der Waals surface area contributed by atoms with Crippen LogP contribution < -0.4 is 6.15 Å². The van der Waals surface area contributed by atoms with Gasteiger partial charge in [-0.2, -0.15) is 0 Å². The maximum atomic E-state index is 5.47. The van der Waals surface area contributed by atoms with E-state index < -0.39 is 0 Å². The maximum absolute atomic E-state index is 5.47. The van der Waals surface area contributed by atoms with Crippen molar-refractivity contribution in [2.24, 2.45) is 5.92 Å². The molecule has 2 rings (SSSR count). The van der Waals surface area contributed by atoms with E-state index in [0.29, 0.717) is 0 Å². The number of benzene rings is 1. The first-order valence-corrected chi connectivity index (χ1v) is 11.7. The SMILES string of the molecule is CCCCCCCCCCC(CCCN1CCOCC1)Cc1ccccc1.Cl.N. The molecule has 3 nitrogen and oxygen atoms in total. The van der Waals surface area contributed by atoms with Crippen LogP contribution >= 0.6 is 12.4 Å². The van der Waals surface area contributed by atoms with Gasteiger partial charge in [0.15, 0.2) is 0 Å². The summed E-state index contributed by atoms with van der Waals surface area (Å²) in [5.41, 5.74) is 1.52. The molecule has 0 aromatic heterocycles. The lowest BCUT2D eigenvalue weighted by atomic mass is 9.89. The fraction of sp³-hybridized carbons (Fsp3) is 0.760. The summed E-state index contributed by atoms with van der Waals surface area (Å²) in [6.45, 7) is 7.65. The van der Waals surface area contributed by atoms with Gasteiger partial charge in [-0.05, 0) is 37.3 Å². The van der Waals surface area contributed by atoms with Crippen LogP contribution in [0, 0.1) is 5.92 Å². The second-order valence-electron chi connectivity index (χ2n) is 8.42. The van der Waals surface area contributed by atoms with Crippen LogP contribution in [0.4, 0.5) is 0 Å². The number of hydrogen-bond donors (Lipinski definition) is 1. The molecule has 0 saturated carbocycles. The lowest BCUT2D eigenvalue weighted by Crippen LogP contribution is -2.36. The zero-order valence-corrected chi connectivity index (χ0v) is 19.8. The van der Waals surface area contributed by atoms with Gasteiger partial charge in [0, 0.05) is 13.1 Å². The van der Waals surface area contributed by atoms with Crippen molar-refractivity contribution < 1.29 is 4.74 Å². The Morgan fingerprint density at radius 1 is 0.828 bits per heavy atom. The molecule has 1 fully saturated rings. The number of rotatable bonds is 15. The van der Waals surface area contributed by atoms with Gasteiger partial charge in [-0.1, -0.05) is 95.0 Å². The first kappa shape index (κ1) is 28.4. The van der Waals surface area contributed by atoms with E-state index in [1.54, 1.807) is 0 Å². The van der Waals surface area contributed by atoms with Gasteiger partial charge >= 0.3 is 0 Å². The molecule has 29 heavy (non-hydrogen) atoms. The topological polar surface area (TPSA) is 47.5 Å². The van der Waals surface area contributed by atoms with Crippen molar-refractivity contribution in [3.63, 3.8) is 0 Å². The second kappa shape index (κ2) is 19.4. The van der Waals surface area contributed by atoms with Crippen molar-refractivity contribution in [1.29, 1.82) is 0 Å². The van der Waals surface area contributed by atoms with Crippen molar-refractivity contribution in [3.8, 4) is 0 Å². The molecule has 1 aliphatic heterocycles. The lowest BCUT2D eigenvalue weighted by molar-refractivity contribution is 0.0366. The number of halogens is 1. The summed E-state index contributed by atoms with van der Waals surface area (Å²) < 4.78 is 5.47. The highest BCUT2D eigenvalue weighted by Gasteiger charge is 2.13. The summed E-state index contributed by atoms with van der Waals surface area (Å²) in [4.78, 5) is 2.58. The minimum Gasteiger partial charge on any atom is -0.379 e. The summed E-state index contributed by atoms with van der Waals surface area (Å²) in [7, 11) is 0. The molecule has 1 heterocycles. The smallest absolute Gasteiger partial charge is 0.0594 e. The molecule has 4 heteroatoms. The minimum absolute atomic E-state index is 0. The Kier molecular flexibility index (Phi) is 19.0. The maximum Gasteiger partial charge on any atom is 0.0594 e. The third-order valence-electron chi connectivity index (χ3n) is 6.02. The van der Waals surface area contributed by atoms with E-state index in [1.807, 2.05) is 0 Å². The molecule has 0 radical (unpaired) electrons. The summed E-state index contributed by atoms with van der Waals surface area (Å²) in [6, 6.07) is 11.1. The number of unbranched alkanes of at least 4 members (excludes halogenated alkanes) is 7. The predicted molar refractivity (Wildman–Crippen MR) is 130 cm³/mol. The highest BCUT2D eigenvalue weighted by molar-refractivity contribution is 5.85. The van der Waals surface area contributed by atoms with Crippen molar-refractivity contribution in [1.82, 2.24) is 11.1 Å². The van der Waals surface area contributed by atoms with Crippen molar-refractivity contribution >= 4 is 12.4 Å². The van der Waals surface area contributed by atoms with Gasteiger partial charge in [-0.3, -0.25) is 4.90 Å². The van der Waals surface area contributed by atoms with Crippen LogP contribution in [0.2, 0.25) is 0 Å². The van der Waals surface area contributed by atoms with Crippen molar-refractivity contribution in [3.05, 3.63) is 35.9 Å². The zero-order valence-electron chi connectivity index (χ0n) is 19.0. The van der Waals surface area contributed by atoms with Crippen molar-refractivity contribution in [2.45, 2.75) is 84.0 Å². The molecular weight excluding hydrogens is 380 g/mol. The monoisotopic (exact) mass is 426 g/mol. The predicted octanol–water partition coefficient (Wildman–Crippen LogP) is 7.07. The van der Waals surface area contributed by atoms with E-state index in [2.05, 4.69) is 42.2 Å². The van der Waals surface area contributed by atoms with E-state index in [4.69, 9.17) is 4.74 Å². The Morgan fingerprint density at radius 2 is 1.41 bits per heavy atom. The minimum atomic E-state index is 0. The summed E-state index contributed by atoms with van der Waals surface area (Å²) in [5.74, 6) is 0.855. The summed E-state index contributed by atoms with van der Waals surface area (Å²) in [5, 5.41) is 0. The zero-order chi connectivity index (χ0) is 19.0. The Bertz CT molecular complexity index is 451. The molecule has 0 bridgehead atoms. The standard InChI is InChI=1S/C25H43NO.ClH.H3N/c1-2-3-4-5-6-7-8-10-14-25(23-24-15-11-9-12-16-24)17-13-18-26-19-21-27-22-20-26;;/h9,11-12,15-16,25H,2-8,10,13-14,17-23H2,1H3;1H;1H3. The molecule has 1 aliphatic rings. The molecule has 0 spiro atoms. The van der Waals surface area contributed by atoms with Crippen LogP contribution in [0.15, 0.2) is 30.3 Å². The van der Waals surface area contributed by atoms with Gasteiger partial charge < -0.3 is 10.9 Å². The van der Waals surface area contributed by atoms with Gasteiger partial charge in [-0.25, -0.2) is 0 Å². The van der Waals surface area contributed by atoms with Gasteiger partial charge in [-0.15, -0.1) is 12.4 Å². The molecule has 3 N–H and O–H groups in total. The van der Waals surface area contributed by atoms with Gasteiger partial charge in [0.1, 0.15) is 0 Å². The Morgan fingerprint density at radius 3 is 2.07 bits per heavy atom. The summed E-state index contributed by atoms with van der Waals surface area (Å²) >= 11 is 0. The number of nitrogens with zero attached hydrogens (tertiary/aromatic N) is 1. The fourth-order valence-electron chi connectivity index (χ4n) is 4.29. The van der Waals surface area contributed by atoms with Crippen LogP contribution in [0.5, 0.6) is 0 Å². The van der Waals surface area contributed by atoms with Crippen LogP contribution in [0.1, 0.15) is 83.1 Å². The van der Waals surface area contributed by atoms with Gasteiger partial charge in [0.2, 0.25) is 0 Å². The van der Waals surface area contributed by atoms with E-state index in [9.17, 15) is 0 Å². The molecule has 1 atom stereocenters. The largest absolute Gasteiger partial charge is 0.379 e. The molecule has 1 unspecified atom stereocenters. The number of hydrogen-bond acceptors (Lipinski definition) is 3. The molecule has 170 valence electrons. The average Bonchev–Trinajstić information content (AvgIpc) is 2.71. The van der Waals surface area contributed by atoms with E-state index >= 15 is 0 Å². The molecule has 1 aromatic rings. The van der Waals surface area contributed by atoms with Crippen LogP contribution in [-0.2, 0) is 11.2 Å². The third-order valence-corrected chi connectivity index (χ3v) is 6.02. The normalized spacial score (nSPS) is 15.3. The molecule has 1 saturated heterocycles. The lowest BCUT2D eigenvalue weighted by Gasteiger charge is -2.27. The fourth-order valence-corrected chi connectivity index (χ4v) is 4.29. The van der Waals surface area contributed by atoms with E-state index in [-0.39, 0.29) is 18.6 Å². The molecule has 1 aromatic carbocycles. The summed E-state index contributed by atoms with van der Waals surface area (Å²) in [6.07, 6.45) is 16.8. The van der Waals surface area contributed by atoms with Crippen molar-refractivity contribution in [2.75, 3.05) is 32.8 Å². The number of ether oxygens (including phenoxy) is 1. The Balaban J connectivity index is 0.00000392. The van der Waals surface area contributed by atoms with Crippen LogP contribution in [0.3, 0.4) is 0 Å².